The Hall–Kier alpha value is -4.40. The number of Topliss-reactive ketones (excluding diaryl/α,β-unsaturated/α-hetero) is 1. The summed E-state index contributed by atoms with van der Waals surface area (Å²) in [6.07, 6.45) is 10.0. The van der Waals surface area contributed by atoms with Crippen LogP contribution in [0.1, 0.15) is 126 Å². The van der Waals surface area contributed by atoms with Crippen molar-refractivity contribution in [1.82, 2.24) is 29.9 Å². The van der Waals surface area contributed by atoms with Gasteiger partial charge in [-0.1, -0.05) is 43.7 Å². The van der Waals surface area contributed by atoms with Crippen molar-refractivity contribution >= 4 is 55.0 Å². The smallest absolute Gasteiger partial charge is 0.287 e. The van der Waals surface area contributed by atoms with E-state index in [9.17, 15) is 45.9 Å². The number of rotatable bonds is 13. The van der Waals surface area contributed by atoms with Crippen molar-refractivity contribution in [2.75, 3.05) is 18.1 Å². The molecule has 0 radical (unpaired) electrons. The molecule has 1 spiro atoms. The third kappa shape index (κ3) is 9.11. The molecule has 3 heterocycles. The zero-order valence-corrected chi connectivity index (χ0v) is 35.6. The molecule has 1 aromatic carbocycles. The fourth-order valence-electron chi connectivity index (χ4n) is 9.68. The number of aliphatic hydroxyl groups is 1. The van der Waals surface area contributed by atoms with Gasteiger partial charge in [-0.2, -0.15) is 0 Å². The fraction of sp³-hybridized carbons (Fsp3) is 0.650. The average Bonchev–Trinajstić information content (AvgIpc) is 3.85. The van der Waals surface area contributed by atoms with Gasteiger partial charge in [-0.05, 0) is 94.4 Å². The molecule has 2 saturated heterocycles. The molecule has 5 N–H and O–H groups in total. The summed E-state index contributed by atoms with van der Waals surface area (Å²) in [5.74, 6) is -5.87. The molecular weight excluding hydrogens is 817 g/mol. The van der Waals surface area contributed by atoms with Crippen LogP contribution in [0.15, 0.2) is 40.4 Å². The molecule has 20 heteroatoms. The summed E-state index contributed by atoms with van der Waals surface area (Å²) in [4.78, 5) is 74.2. The Morgan fingerprint density at radius 1 is 0.983 bits per heavy atom. The molecule has 3 aliphatic carbocycles. The first-order valence-electron chi connectivity index (χ1n) is 20.7. The first kappa shape index (κ1) is 43.7. The van der Waals surface area contributed by atoms with Crippen molar-refractivity contribution in [2.24, 2.45) is 22.1 Å². The van der Waals surface area contributed by atoms with E-state index in [0.717, 1.165) is 57.8 Å². The number of carbonyl (C=O) groups is 5. The van der Waals surface area contributed by atoms with Crippen LogP contribution in [-0.2, 0) is 44.6 Å². The van der Waals surface area contributed by atoms with Crippen molar-refractivity contribution in [3.05, 3.63) is 41.7 Å². The second kappa shape index (κ2) is 16.5. The van der Waals surface area contributed by atoms with Gasteiger partial charge in [0.05, 0.1) is 34.3 Å². The number of benzene rings is 1. The summed E-state index contributed by atoms with van der Waals surface area (Å²) in [5.41, 5.74) is 2.52. The van der Waals surface area contributed by atoms with Crippen LogP contribution < -0.4 is 15.8 Å². The Labute approximate surface area is 349 Å². The molecule has 3 saturated carbocycles. The minimum atomic E-state index is -3.85. The summed E-state index contributed by atoms with van der Waals surface area (Å²) in [6.45, 7) is 2.89. The van der Waals surface area contributed by atoms with Crippen LogP contribution in [0.3, 0.4) is 0 Å². The molecule has 60 heavy (non-hydrogen) atoms. The summed E-state index contributed by atoms with van der Waals surface area (Å²) >= 11 is 0. The molecule has 2 aliphatic heterocycles. The molecule has 2 aromatic rings. The zero-order valence-electron chi connectivity index (χ0n) is 34.0. The molecule has 2 atom stereocenters. The van der Waals surface area contributed by atoms with Crippen LogP contribution in [0.25, 0.3) is 0 Å². The highest BCUT2D eigenvalue weighted by atomic mass is 32.2. The Morgan fingerprint density at radius 3 is 2.22 bits per heavy atom. The third-order valence-corrected chi connectivity index (χ3v) is 16.5. The van der Waals surface area contributed by atoms with Gasteiger partial charge in [0.25, 0.3) is 17.7 Å². The number of carbonyl (C=O) groups excluding carboxylic acids is 5. The zero-order chi connectivity index (χ0) is 43.3. The van der Waals surface area contributed by atoms with E-state index >= 15 is 0 Å². The van der Waals surface area contributed by atoms with Gasteiger partial charge >= 0.3 is 0 Å². The van der Waals surface area contributed by atoms with Gasteiger partial charge < -0.3 is 21.1 Å². The Kier molecular flexibility index (Phi) is 12.0. The quantitative estimate of drug-likeness (QED) is 0.165. The lowest BCUT2D eigenvalue weighted by Crippen LogP contribution is -2.64. The lowest BCUT2D eigenvalue weighted by molar-refractivity contribution is -0.143. The predicted molar refractivity (Wildman–Crippen MR) is 216 cm³/mol. The Balaban J connectivity index is 1.18. The van der Waals surface area contributed by atoms with E-state index in [1.807, 2.05) is 0 Å². The van der Waals surface area contributed by atoms with Crippen LogP contribution >= 0.6 is 0 Å². The molecule has 326 valence electrons. The van der Waals surface area contributed by atoms with Gasteiger partial charge in [-0.3, -0.25) is 24.0 Å². The van der Waals surface area contributed by atoms with Crippen LogP contribution in [-0.4, -0.2) is 113 Å². The lowest BCUT2D eigenvalue weighted by atomic mass is 9.54. The van der Waals surface area contributed by atoms with E-state index in [1.165, 1.54) is 60.3 Å². The maximum absolute atomic E-state index is 14.9. The number of sulfonamides is 1. The maximum atomic E-state index is 14.9. The van der Waals surface area contributed by atoms with Gasteiger partial charge in [0, 0.05) is 24.6 Å². The van der Waals surface area contributed by atoms with E-state index < -0.39 is 96.8 Å². The largest absolute Gasteiger partial charge is 0.384 e. The van der Waals surface area contributed by atoms with Crippen LogP contribution in [0, 0.1) is 11.3 Å². The van der Waals surface area contributed by atoms with Gasteiger partial charge in [0.2, 0.25) is 21.7 Å². The highest BCUT2D eigenvalue weighted by Crippen LogP contribution is 2.56. The van der Waals surface area contributed by atoms with E-state index in [-0.39, 0.29) is 52.9 Å². The number of hydrogen-bond donors (Lipinski definition) is 4. The predicted octanol–water partition coefficient (Wildman–Crippen LogP) is 1.63. The normalized spacial score (nSPS) is 25.2. The molecule has 4 amide bonds. The molecule has 1 aromatic heterocycles. The van der Waals surface area contributed by atoms with Crippen molar-refractivity contribution in [3.8, 4) is 0 Å². The standard InChI is InChI=1S/C40H54N8O10S2/c1-38(2,54)32-23-42-46-48(32)28-20-31(36(52)44-40(33(49)34(41)50)15-17-59(55,56)18-16-40)47(24-28)37(53)30(19-25-7-4-3-5-8-25)43-35(51)26-9-11-29(12-10-26)60(57,58)45-27-21-39(22-27)13-6-14-39/h9-12,23,25,27-28,31,45,54H,3-8,13-22,24H2,1-2H3,(H2,41,50)(H,44,52)/b43-30+/t28-,31-/m0/s1. The van der Waals surface area contributed by atoms with Crippen molar-refractivity contribution in [3.63, 3.8) is 0 Å². The number of aromatic nitrogens is 3. The van der Waals surface area contributed by atoms with Crippen molar-refractivity contribution in [2.45, 2.75) is 138 Å². The number of aliphatic imine (C=N–C) groups is 1. The molecule has 5 aliphatic rings. The van der Waals surface area contributed by atoms with E-state index in [1.54, 1.807) is 0 Å². The Bertz CT molecular complexity index is 2270. The van der Waals surface area contributed by atoms with Crippen LogP contribution in [0.2, 0.25) is 0 Å². The van der Waals surface area contributed by atoms with Gasteiger partial charge in [-0.25, -0.2) is 31.2 Å². The molecule has 0 bridgehead atoms. The van der Waals surface area contributed by atoms with Crippen molar-refractivity contribution in [1.29, 1.82) is 0 Å². The monoisotopic (exact) mass is 870 g/mol. The van der Waals surface area contributed by atoms with Gasteiger partial charge in [0.1, 0.15) is 22.9 Å². The number of sulfone groups is 1. The number of hydrogen-bond acceptors (Lipinski definition) is 12. The summed E-state index contributed by atoms with van der Waals surface area (Å²) in [7, 11) is -7.41. The average molecular weight is 871 g/mol. The maximum Gasteiger partial charge on any atom is 0.287 e. The summed E-state index contributed by atoms with van der Waals surface area (Å²) in [5, 5.41) is 21.7. The summed E-state index contributed by atoms with van der Waals surface area (Å²) < 4.78 is 55.3. The number of nitrogens with zero attached hydrogens (tertiary/aromatic N) is 5. The molecule has 5 fully saturated rings. The van der Waals surface area contributed by atoms with E-state index in [2.05, 4.69) is 25.3 Å². The van der Waals surface area contributed by atoms with Crippen LogP contribution in [0.5, 0.6) is 0 Å². The SMILES string of the molecule is CC(C)(O)c1cnnn1[C@H]1C[C@@H](C(=O)NC2(C(=O)C(N)=O)CCS(=O)(=O)CC2)N(C(=O)/C(CC2CCCCC2)=N/C(=O)c2ccc(S(=O)(=O)NC3CC4(CCC4)C3)cc2)C1. The topological polar surface area (TPSA) is 270 Å². The molecular formula is C40H54N8O10S2. The minimum absolute atomic E-state index is 0.00171. The van der Waals surface area contributed by atoms with Gasteiger partial charge in [-0.15, -0.1) is 5.10 Å². The van der Waals surface area contributed by atoms with Crippen LogP contribution in [0.4, 0.5) is 0 Å². The number of likely N-dealkylation sites (tertiary alicyclic amines) is 1. The number of ketones is 1. The summed E-state index contributed by atoms with van der Waals surface area (Å²) in [6, 6.07) is 3.14. The van der Waals surface area contributed by atoms with E-state index in [0.29, 0.717) is 5.69 Å². The number of amides is 4. The molecule has 7 rings (SSSR count). The number of primary amides is 1. The number of nitrogens with two attached hydrogens (primary N) is 1. The van der Waals surface area contributed by atoms with E-state index in [4.69, 9.17) is 5.73 Å². The highest BCUT2D eigenvalue weighted by Gasteiger charge is 2.51. The van der Waals surface area contributed by atoms with Crippen molar-refractivity contribution < 1.29 is 45.9 Å². The molecule has 0 unspecified atom stereocenters. The third-order valence-electron chi connectivity index (χ3n) is 13.3. The first-order valence-corrected chi connectivity index (χ1v) is 24.1. The number of nitrogens with one attached hydrogen (secondary N) is 2. The lowest BCUT2D eigenvalue weighted by Gasteiger charge is -2.54. The second-order valence-corrected chi connectivity index (χ2v) is 22.1. The Morgan fingerprint density at radius 2 is 1.63 bits per heavy atom. The molecule has 18 nitrogen and oxygen atoms in total. The second-order valence-electron chi connectivity index (χ2n) is 18.1. The fourth-order valence-corrected chi connectivity index (χ4v) is 12.4. The van der Waals surface area contributed by atoms with Gasteiger partial charge in [0.15, 0.2) is 9.84 Å². The highest BCUT2D eigenvalue weighted by molar-refractivity contribution is 7.91. The minimum Gasteiger partial charge on any atom is -0.384 e. The first-order chi connectivity index (χ1) is 28.2.